The van der Waals surface area contributed by atoms with Gasteiger partial charge in [0.15, 0.2) is 0 Å². The van der Waals surface area contributed by atoms with Crippen LogP contribution in [0.5, 0.6) is 0 Å². The van der Waals surface area contributed by atoms with E-state index in [2.05, 4.69) is 645 Å². The van der Waals surface area contributed by atoms with E-state index in [1.54, 1.807) is 6.92 Å². The van der Waals surface area contributed by atoms with Gasteiger partial charge in [0.1, 0.15) is 0 Å². The molecule has 115 heavy (non-hydrogen) atoms. The molecule has 0 aliphatic rings. The van der Waals surface area contributed by atoms with Crippen molar-refractivity contribution in [3.63, 3.8) is 0 Å². The minimum atomic E-state index is -0.943. The largest absolute Gasteiger partial charge is 0.317 e. The number of hydrogen-bond donors (Lipinski definition) is 0. The van der Waals surface area contributed by atoms with E-state index in [9.17, 15) is 0 Å². The van der Waals surface area contributed by atoms with E-state index in [0.717, 1.165) is 0 Å². The third kappa shape index (κ3) is 80.1. The Balaban J connectivity index is 7.28. The van der Waals surface area contributed by atoms with Crippen LogP contribution >= 0.6 is 0 Å². The first kappa shape index (κ1) is 90.5. The molecule has 0 spiro atoms. The molecular formula is C113H6B2. The first-order valence-corrected chi connectivity index (χ1v) is 29.1. The van der Waals surface area contributed by atoms with E-state index in [0.29, 0.717) is 0 Å². The van der Waals surface area contributed by atoms with Crippen molar-refractivity contribution in [3.8, 4) is 664 Å². The quantitative estimate of drug-likeness (QED) is 0.263. The third-order valence-corrected chi connectivity index (χ3v) is 7.65. The fraction of sp³-hybridized carbons (Fsp3) is 0.00885. The Bertz CT molecular complexity index is 7600. The summed E-state index contributed by atoms with van der Waals surface area (Å²) in [5.41, 5.74) is 0. The summed E-state index contributed by atoms with van der Waals surface area (Å²) in [5, 5.41) is 0. The molecule has 0 saturated heterocycles. The highest BCUT2D eigenvalue weighted by atomic mass is 13.7. The van der Waals surface area contributed by atoms with Crippen LogP contribution in [-0.4, -0.2) is 13.2 Å². The van der Waals surface area contributed by atoms with Crippen molar-refractivity contribution in [1.82, 2.24) is 0 Å². The van der Waals surface area contributed by atoms with Gasteiger partial charge in [-0.05, 0) is 386 Å². The summed E-state index contributed by atoms with van der Waals surface area (Å²) in [5.74, 6) is 274. The highest BCUT2D eigenvalue weighted by Crippen LogP contribution is 1.88. The third-order valence-electron chi connectivity index (χ3n) is 7.65. The van der Waals surface area contributed by atoms with Gasteiger partial charge < -0.3 is 0 Å². The van der Waals surface area contributed by atoms with Crippen molar-refractivity contribution in [2.24, 2.45) is 0 Å². The van der Waals surface area contributed by atoms with Crippen LogP contribution in [0.25, 0.3) is 0 Å². The molecule has 0 aliphatic carbocycles. The maximum atomic E-state index is 4.99. The molecule has 0 aromatic carbocycles. The molecule has 0 aliphatic heterocycles. The second-order valence-corrected chi connectivity index (χ2v) is 14.8. The lowest BCUT2D eigenvalue weighted by molar-refractivity contribution is 1.92. The molecule has 0 bridgehead atoms. The molecule has 0 unspecified atom stereocenters. The maximum Gasteiger partial charge on any atom is 0.317 e. The highest BCUT2D eigenvalue weighted by Gasteiger charge is 2.24. The van der Waals surface area contributed by atoms with Crippen molar-refractivity contribution < 1.29 is 0 Å². The Morgan fingerprint density at radius 2 is 0.165 bits per heavy atom. The first-order chi connectivity index (χ1) is 57.3. The second-order valence-electron chi connectivity index (χ2n) is 14.8. The van der Waals surface area contributed by atoms with Crippen molar-refractivity contribution >= 4 is 13.2 Å². The van der Waals surface area contributed by atoms with Crippen LogP contribution in [0, 0.1) is 664 Å². The molecule has 0 amide bonds. The van der Waals surface area contributed by atoms with Crippen LogP contribution in [0.1, 0.15) is 6.92 Å². The molecule has 464 valence electrons. The molecule has 0 radical (unpaired) electrons. The summed E-state index contributed by atoms with van der Waals surface area (Å²) >= 11 is 0. The van der Waals surface area contributed by atoms with E-state index in [-0.39, 0.29) is 0 Å². The predicted molar refractivity (Wildman–Crippen MR) is 456 cm³/mol. The van der Waals surface area contributed by atoms with E-state index >= 15 is 0 Å². The second kappa shape index (κ2) is 85.6. The van der Waals surface area contributed by atoms with Gasteiger partial charge in [-0.2, -0.15) is 0 Å². The number of rotatable bonds is 1. The van der Waals surface area contributed by atoms with Crippen LogP contribution < -0.4 is 0 Å². The smallest absolute Gasteiger partial charge is 0.130 e. The molecule has 2 heteroatoms. The van der Waals surface area contributed by atoms with E-state index in [4.69, 9.17) is 19.3 Å². The SMILES string of the molecule is C#CC#CC#CC#CC#CC#CC#CC#CC#CC#CC#CC#CC#CC#CB(C#CC#CC#CC#CC#CC#CC#CC#CC#CC#CC#CC#CC#CC#C)B(C#CC#CC#CC#CC#CC#CC#CC#CC#CC#CC#CC#CC#CC#C)C#CC#CC#CC#CC#CC#CC#CC#CC#CC#CC#CC#CC#CC#CC. The van der Waals surface area contributed by atoms with Gasteiger partial charge in [-0.1, -0.05) is 5.92 Å². The molecule has 0 fully saturated rings. The van der Waals surface area contributed by atoms with Crippen LogP contribution in [0.3, 0.4) is 0 Å². The topological polar surface area (TPSA) is 0 Å². The molecule has 0 atom stereocenters. The maximum absolute atomic E-state index is 4.99. The van der Waals surface area contributed by atoms with Gasteiger partial charge in [0.2, 0.25) is 0 Å². The Hall–Kier alpha value is -24.5. The average molecular weight is 1380 g/mol. The van der Waals surface area contributed by atoms with Crippen LogP contribution in [0.4, 0.5) is 0 Å². The van der Waals surface area contributed by atoms with E-state index in [1.165, 1.54) is 0 Å². The summed E-state index contributed by atoms with van der Waals surface area (Å²) in [6.45, 7) is -0.215. The summed E-state index contributed by atoms with van der Waals surface area (Å²) in [4.78, 5) is 0. The van der Waals surface area contributed by atoms with Crippen molar-refractivity contribution in [2.45, 2.75) is 6.92 Å². The molecular weight excluding hydrogens is 1380 g/mol. The summed E-state index contributed by atoms with van der Waals surface area (Å²) in [6, 6.07) is 0. The average Bonchev–Trinajstić information content (AvgIpc) is 0.915. The fourth-order valence-corrected chi connectivity index (χ4v) is 3.94. The zero-order chi connectivity index (χ0) is 82.2. The Labute approximate surface area is 679 Å². The first-order valence-electron chi connectivity index (χ1n) is 29.1. The normalized spacial score (nSPS) is 4.16. The fourth-order valence-electron chi connectivity index (χ4n) is 3.94. The standard InChI is InChI=1S/C113H6B2/c1-5-9-13-17-21-25-29-33-37-41-45-49-53-57-61-65-69-73-77-81-85-89-93-97-101-105-109-113-115(112-108-104-100-96-92-88-84-80-76-72-68-64-60-56-52-48-44-40-36-32-28-24-20-16-12-8-4)114(110-106-102-98-94-90-86-82-78-74-70-66-62-58-54-50-46-42-38-34-30-26-22-18-14-10-6-2)111-107-103-99-95-91-87-83-79-75-71-67-63-59-55-51-47-43-39-35-31-27-23-19-15-11-7-3/h2-4H,1H3. The molecule has 0 heterocycles. The Morgan fingerprint density at radius 3 is 0.243 bits per heavy atom. The van der Waals surface area contributed by atoms with Crippen LogP contribution in [0.2, 0.25) is 0 Å². The van der Waals surface area contributed by atoms with Crippen LogP contribution in [-0.2, 0) is 0 Å². The minimum absolute atomic E-state index is 0.943. The summed E-state index contributed by atoms with van der Waals surface area (Å²) in [7, 11) is 0. The van der Waals surface area contributed by atoms with E-state index < -0.39 is 13.2 Å². The van der Waals surface area contributed by atoms with Gasteiger partial charge >= 0.3 is 13.2 Å². The van der Waals surface area contributed by atoms with Gasteiger partial charge in [-0.25, -0.2) is 0 Å². The molecule has 0 N–H and O–H groups in total. The summed E-state index contributed by atoms with van der Waals surface area (Å²) < 4.78 is 0. The van der Waals surface area contributed by atoms with Crippen molar-refractivity contribution in [1.29, 1.82) is 0 Å². The minimum Gasteiger partial charge on any atom is -0.130 e. The predicted octanol–water partition coefficient (Wildman–Crippen LogP) is 0.311. The molecule has 0 saturated carbocycles. The lowest BCUT2D eigenvalue weighted by Gasteiger charge is -1.95. The van der Waals surface area contributed by atoms with Gasteiger partial charge in [0.05, 0.1) is 0 Å². The monoisotopic (exact) mass is 1380 g/mol. The Kier molecular flexibility index (Phi) is 67.3. The lowest BCUT2D eigenvalue weighted by Crippen LogP contribution is -2.32. The molecule has 0 aromatic rings. The zero-order valence-electron chi connectivity index (χ0n) is 58.4. The van der Waals surface area contributed by atoms with Crippen molar-refractivity contribution in [2.75, 3.05) is 0 Å². The van der Waals surface area contributed by atoms with Gasteiger partial charge in [0.25, 0.3) is 0 Å². The van der Waals surface area contributed by atoms with Crippen LogP contribution in [0.15, 0.2) is 0 Å². The summed E-state index contributed by atoms with van der Waals surface area (Å²) in [6.07, 6.45) is 15.0. The van der Waals surface area contributed by atoms with Gasteiger partial charge in [-0.15, -0.1) is 42.5 Å². The molecule has 0 aromatic heterocycles. The number of terminal acetylenes is 3. The highest BCUT2D eigenvalue weighted by molar-refractivity contribution is 7.35. The van der Waals surface area contributed by atoms with E-state index in [1.807, 2.05) is 0 Å². The zero-order valence-corrected chi connectivity index (χ0v) is 58.4. The lowest BCUT2D eigenvalue weighted by atomic mass is 9.10. The van der Waals surface area contributed by atoms with Gasteiger partial charge in [-0.3, -0.25) is 0 Å². The molecule has 0 nitrogen and oxygen atoms in total. The van der Waals surface area contributed by atoms with Gasteiger partial charge in [0, 0.05) is 237 Å². The number of hydrogen-bond acceptors (Lipinski definition) is 0. The Morgan fingerprint density at radius 1 is 0.0957 bits per heavy atom. The molecule has 0 rings (SSSR count). The van der Waals surface area contributed by atoms with Crippen molar-refractivity contribution in [3.05, 3.63) is 0 Å².